The van der Waals surface area contributed by atoms with Gasteiger partial charge in [0.2, 0.25) is 0 Å². The fraction of sp³-hybridized carbons (Fsp3) is 0.0833. The van der Waals surface area contributed by atoms with E-state index in [2.05, 4.69) is 41.5 Å². The van der Waals surface area contributed by atoms with Gasteiger partial charge in [-0.15, -0.1) is 0 Å². The molecule has 2 nitrogen and oxygen atoms in total. The summed E-state index contributed by atoms with van der Waals surface area (Å²) in [5.41, 5.74) is 2.45. The first-order chi connectivity index (χ1) is 7.34. The number of hydrogen-bond donors (Lipinski definition) is 1. The third kappa shape index (κ3) is 1.39. The topological polar surface area (TPSA) is 24.9 Å². The van der Waals surface area contributed by atoms with Crippen molar-refractivity contribution in [3.8, 4) is 0 Å². The first-order valence-electron chi connectivity index (χ1n) is 4.84. The molecule has 2 aromatic rings. The van der Waals surface area contributed by atoms with Crippen molar-refractivity contribution in [3.05, 3.63) is 42.1 Å². The normalized spacial score (nSPS) is 12.6. The molecule has 0 saturated carbocycles. The molecule has 1 aromatic carbocycles. The van der Waals surface area contributed by atoms with Crippen LogP contribution in [-0.4, -0.2) is 4.98 Å². The van der Waals surface area contributed by atoms with Gasteiger partial charge in [-0.05, 0) is 30.7 Å². The maximum absolute atomic E-state index is 4.33. The summed E-state index contributed by atoms with van der Waals surface area (Å²) < 4.78 is 0. The van der Waals surface area contributed by atoms with Crippen molar-refractivity contribution in [1.82, 2.24) is 4.98 Å². The van der Waals surface area contributed by atoms with Crippen molar-refractivity contribution in [2.75, 3.05) is 5.32 Å². The van der Waals surface area contributed by atoms with Gasteiger partial charge in [0.05, 0.1) is 10.6 Å². The van der Waals surface area contributed by atoms with Crippen LogP contribution in [0.15, 0.2) is 46.3 Å². The molecule has 1 aliphatic heterocycles. The lowest BCUT2D eigenvalue weighted by Gasteiger charge is -2.20. The predicted molar refractivity (Wildman–Crippen MR) is 62.8 cm³/mol. The SMILES string of the molecule is Cc1cccc2c1Nc1ncccc1S2. The van der Waals surface area contributed by atoms with Crippen LogP contribution in [0, 0.1) is 6.92 Å². The molecule has 0 spiro atoms. The lowest BCUT2D eigenvalue weighted by Crippen LogP contribution is -2.02. The Balaban J connectivity index is 2.15. The highest BCUT2D eigenvalue weighted by Gasteiger charge is 2.16. The average molecular weight is 214 g/mol. The van der Waals surface area contributed by atoms with E-state index in [0.29, 0.717) is 0 Å². The van der Waals surface area contributed by atoms with Crippen LogP contribution in [0.25, 0.3) is 0 Å². The highest BCUT2D eigenvalue weighted by atomic mass is 32.2. The van der Waals surface area contributed by atoms with Crippen LogP contribution in [0.5, 0.6) is 0 Å². The Bertz CT molecular complexity index is 523. The Hall–Kier alpha value is -1.48. The monoisotopic (exact) mass is 214 g/mol. The fourth-order valence-corrected chi connectivity index (χ4v) is 2.73. The van der Waals surface area contributed by atoms with Crippen LogP contribution < -0.4 is 5.32 Å². The summed E-state index contributed by atoms with van der Waals surface area (Å²) in [4.78, 5) is 6.79. The Morgan fingerprint density at radius 2 is 2.00 bits per heavy atom. The minimum Gasteiger partial charge on any atom is -0.338 e. The van der Waals surface area contributed by atoms with E-state index in [-0.39, 0.29) is 0 Å². The summed E-state index contributed by atoms with van der Waals surface area (Å²) >= 11 is 1.77. The maximum atomic E-state index is 4.33. The van der Waals surface area contributed by atoms with E-state index in [9.17, 15) is 0 Å². The first kappa shape index (κ1) is 8.80. The summed E-state index contributed by atoms with van der Waals surface area (Å²) in [6.45, 7) is 2.11. The van der Waals surface area contributed by atoms with E-state index >= 15 is 0 Å². The number of nitrogens with zero attached hydrogens (tertiary/aromatic N) is 1. The minimum atomic E-state index is 0.962. The fourth-order valence-electron chi connectivity index (χ4n) is 1.69. The minimum absolute atomic E-state index is 0.962. The van der Waals surface area contributed by atoms with Gasteiger partial charge in [-0.1, -0.05) is 23.9 Å². The third-order valence-corrected chi connectivity index (χ3v) is 3.58. The second kappa shape index (κ2) is 3.28. The van der Waals surface area contributed by atoms with Crippen molar-refractivity contribution in [2.45, 2.75) is 16.7 Å². The Morgan fingerprint density at radius 3 is 2.93 bits per heavy atom. The van der Waals surface area contributed by atoms with Crippen LogP contribution in [0.1, 0.15) is 5.56 Å². The first-order valence-corrected chi connectivity index (χ1v) is 5.66. The number of nitrogens with one attached hydrogen (secondary N) is 1. The second-order valence-electron chi connectivity index (χ2n) is 3.53. The molecule has 1 N–H and O–H groups in total. The van der Waals surface area contributed by atoms with E-state index in [1.165, 1.54) is 21.0 Å². The molecule has 1 aromatic heterocycles. The molecular weight excluding hydrogens is 204 g/mol. The van der Waals surface area contributed by atoms with Crippen molar-refractivity contribution >= 4 is 23.3 Å². The van der Waals surface area contributed by atoms with Crippen molar-refractivity contribution in [1.29, 1.82) is 0 Å². The molecule has 0 bridgehead atoms. The van der Waals surface area contributed by atoms with Crippen LogP contribution in [0.4, 0.5) is 11.5 Å². The Kier molecular flexibility index (Phi) is 1.92. The third-order valence-electron chi connectivity index (χ3n) is 2.47. The number of para-hydroxylation sites is 1. The van der Waals surface area contributed by atoms with Gasteiger partial charge in [-0.3, -0.25) is 0 Å². The second-order valence-corrected chi connectivity index (χ2v) is 4.61. The number of aryl methyl sites for hydroxylation is 1. The Labute approximate surface area is 92.7 Å². The van der Waals surface area contributed by atoms with E-state index in [0.717, 1.165) is 5.82 Å². The van der Waals surface area contributed by atoms with Gasteiger partial charge >= 0.3 is 0 Å². The molecule has 3 rings (SSSR count). The quantitative estimate of drug-likeness (QED) is 0.619. The molecule has 3 heteroatoms. The lowest BCUT2D eigenvalue weighted by molar-refractivity contribution is 1.18. The van der Waals surface area contributed by atoms with E-state index in [4.69, 9.17) is 0 Å². The van der Waals surface area contributed by atoms with Gasteiger partial charge < -0.3 is 5.32 Å². The summed E-state index contributed by atoms with van der Waals surface area (Å²) in [5.74, 6) is 0.962. The zero-order valence-electron chi connectivity index (χ0n) is 8.32. The van der Waals surface area contributed by atoms with Gasteiger partial charge in [-0.25, -0.2) is 4.98 Å². The van der Waals surface area contributed by atoms with Crippen molar-refractivity contribution in [3.63, 3.8) is 0 Å². The van der Waals surface area contributed by atoms with Crippen LogP contribution in [-0.2, 0) is 0 Å². The molecule has 1 aliphatic rings. The number of anilines is 2. The molecule has 0 unspecified atom stereocenters. The highest BCUT2D eigenvalue weighted by Crippen LogP contribution is 2.43. The van der Waals surface area contributed by atoms with Crippen LogP contribution in [0.3, 0.4) is 0 Å². The molecule has 15 heavy (non-hydrogen) atoms. The highest BCUT2D eigenvalue weighted by molar-refractivity contribution is 7.99. The number of benzene rings is 1. The van der Waals surface area contributed by atoms with Gasteiger partial charge in [0.15, 0.2) is 0 Å². The largest absolute Gasteiger partial charge is 0.338 e. The molecule has 0 aliphatic carbocycles. The molecule has 0 atom stereocenters. The Morgan fingerprint density at radius 1 is 1.13 bits per heavy atom. The number of hydrogen-bond acceptors (Lipinski definition) is 3. The van der Waals surface area contributed by atoms with Crippen molar-refractivity contribution in [2.24, 2.45) is 0 Å². The van der Waals surface area contributed by atoms with Crippen molar-refractivity contribution < 1.29 is 0 Å². The average Bonchev–Trinajstić information content (AvgIpc) is 2.27. The molecule has 0 fully saturated rings. The zero-order chi connectivity index (χ0) is 10.3. The molecule has 0 radical (unpaired) electrons. The lowest BCUT2D eigenvalue weighted by atomic mass is 10.2. The maximum Gasteiger partial charge on any atom is 0.144 e. The summed E-state index contributed by atoms with van der Waals surface area (Å²) in [6.07, 6.45) is 1.82. The summed E-state index contributed by atoms with van der Waals surface area (Å²) in [7, 11) is 0. The van der Waals surface area contributed by atoms with Crippen LogP contribution in [0.2, 0.25) is 0 Å². The number of rotatable bonds is 0. The van der Waals surface area contributed by atoms with E-state index < -0.39 is 0 Å². The smallest absolute Gasteiger partial charge is 0.144 e. The zero-order valence-corrected chi connectivity index (χ0v) is 9.14. The molecule has 0 amide bonds. The van der Waals surface area contributed by atoms with Crippen LogP contribution >= 0.6 is 11.8 Å². The molecule has 0 saturated heterocycles. The van der Waals surface area contributed by atoms with Gasteiger partial charge in [0.1, 0.15) is 5.82 Å². The van der Waals surface area contributed by atoms with Gasteiger partial charge in [0, 0.05) is 11.1 Å². The summed E-state index contributed by atoms with van der Waals surface area (Å²) in [6, 6.07) is 10.4. The molecule has 2 heterocycles. The standard InChI is InChI=1S/C12H10N2S/c1-8-4-2-5-9-11(8)14-12-10(15-9)6-3-7-13-12/h2-7H,1H3,(H,13,14). The summed E-state index contributed by atoms with van der Waals surface area (Å²) in [5, 5.41) is 3.38. The predicted octanol–water partition coefficient (Wildman–Crippen LogP) is 3.60. The van der Waals surface area contributed by atoms with E-state index in [1.807, 2.05) is 12.3 Å². The van der Waals surface area contributed by atoms with E-state index in [1.54, 1.807) is 11.8 Å². The molecular formula is C12H10N2S. The number of fused-ring (bicyclic) bond motifs is 2. The number of pyridine rings is 1. The van der Waals surface area contributed by atoms with Gasteiger partial charge in [-0.2, -0.15) is 0 Å². The number of aromatic nitrogens is 1. The van der Waals surface area contributed by atoms with Gasteiger partial charge in [0.25, 0.3) is 0 Å². The molecule has 74 valence electrons.